The summed E-state index contributed by atoms with van der Waals surface area (Å²) in [5, 5.41) is 14.5. The van der Waals surface area contributed by atoms with Crippen molar-refractivity contribution in [1.82, 2.24) is 4.90 Å². The van der Waals surface area contributed by atoms with Gasteiger partial charge in [-0.1, -0.05) is 53.7 Å². The Bertz CT molecular complexity index is 798. The molecule has 0 amide bonds. The summed E-state index contributed by atoms with van der Waals surface area (Å²) < 4.78 is 19.6. The summed E-state index contributed by atoms with van der Waals surface area (Å²) >= 11 is 0. The number of aliphatic hydroxyl groups is 1. The number of hydrogen-bond acceptors (Lipinski definition) is 5. The van der Waals surface area contributed by atoms with E-state index in [0.29, 0.717) is 37.3 Å². The fourth-order valence-corrected chi connectivity index (χ4v) is 3.37. The van der Waals surface area contributed by atoms with Gasteiger partial charge in [-0.3, -0.25) is 4.90 Å². The summed E-state index contributed by atoms with van der Waals surface area (Å²) in [5.41, 5.74) is 2.25. The molecular formula is C23H29FN2O3. The van der Waals surface area contributed by atoms with E-state index in [1.807, 2.05) is 32.0 Å². The molecule has 0 fully saturated rings. The lowest BCUT2D eigenvalue weighted by molar-refractivity contribution is -0.0194. The lowest BCUT2D eigenvalue weighted by Gasteiger charge is -2.27. The molecule has 0 saturated carbocycles. The SMILES string of the molecule is CC(C)OC[C@H](O)CN(Cc1ccccc1)C[C@@H]1CC(c2ccccc2F)=NO1. The van der Waals surface area contributed by atoms with E-state index in [1.165, 1.54) is 6.07 Å². The summed E-state index contributed by atoms with van der Waals surface area (Å²) in [6.45, 7) is 5.89. The maximum atomic E-state index is 14.0. The van der Waals surface area contributed by atoms with Crippen LogP contribution in [0.1, 0.15) is 31.4 Å². The Morgan fingerprint density at radius 1 is 1.17 bits per heavy atom. The highest BCUT2D eigenvalue weighted by atomic mass is 19.1. The lowest BCUT2D eigenvalue weighted by Crippen LogP contribution is -2.39. The van der Waals surface area contributed by atoms with Crippen molar-refractivity contribution >= 4 is 5.71 Å². The van der Waals surface area contributed by atoms with Crippen molar-refractivity contribution in [2.75, 3.05) is 19.7 Å². The van der Waals surface area contributed by atoms with Gasteiger partial charge in [0.25, 0.3) is 0 Å². The van der Waals surface area contributed by atoms with E-state index in [9.17, 15) is 9.50 Å². The zero-order valence-electron chi connectivity index (χ0n) is 17.0. The zero-order valence-corrected chi connectivity index (χ0v) is 17.0. The van der Waals surface area contributed by atoms with Crippen LogP contribution in [-0.2, 0) is 16.1 Å². The molecule has 0 unspecified atom stereocenters. The number of aliphatic hydroxyl groups excluding tert-OH is 1. The minimum Gasteiger partial charge on any atom is -0.390 e. The first-order valence-corrected chi connectivity index (χ1v) is 10.0. The van der Waals surface area contributed by atoms with Gasteiger partial charge in [0.2, 0.25) is 0 Å². The molecular weight excluding hydrogens is 371 g/mol. The van der Waals surface area contributed by atoms with Crippen molar-refractivity contribution in [3.05, 3.63) is 71.5 Å². The van der Waals surface area contributed by atoms with Crippen molar-refractivity contribution in [3.8, 4) is 0 Å². The second-order valence-corrected chi connectivity index (χ2v) is 7.66. The van der Waals surface area contributed by atoms with Crippen LogP contribution in [-0.4, -0.2) is 53.7 Å². The molecule has 29 heavy (non-hydrogen) atoms. The molecule has 6 heteroatoms. The lowest BCUT2D eigenvalue weighted by atomic mass is 10.0. The highest BCUT2D eigenvalue weighted by molar-refractivity contribution is 6.01. The van der Waals surface area contributed by atoms with Crippen LogP contribution in [0, 0.1) is 5.82 Å². The first-order valence-electron chi connectivity index (χ1n) is 10.0. The molecule has 0 saturated heterocycles. The molecule has 0 bridgehead atoms. The van der Waals surface area contributed by atoms with Crippen molar-refractivity contribution in [2.24, 2.45) is 5.16 Å². The van der Waals surface area contributed by atoms with Gasteiger partial charge >= 0.3 is 0 Å². The summed E-state index contributed by atoms with van der Waals surface area (Å²) in [4.78, 5) is 7.72. The number of benzene rings is 2. The fraction of sp³-hybridized carbons (Fsp3) is 0.435. The average molecular weight is 400 g/mol. The van der Waals surface area contributed by atoms with Crippen LogP contribution in [0.25, 0.3) is 0 Å². The molecule has 3 rings (SSSR count). The zero-order chi connectivity index (χ0) is 20.6. The molecule has 1 aliphatic heterocycles. The van der Waals surface area contributed by atoms with Gasteiger partial charge in [0.05, 0.1) is 24.5 Å². The minimum absolute atomic E-state index is 0.0714. The maximum absolute atomic E-state index is 14.0. The van der Waals surface area contributed by atoms with Crippen molar-refractivity contribution in [2.45, 2.75) is 45.1 Å². The summed E-state index contributed by atoms with van der Waals surface area (Å²) in [7, 11) is 0. The minimum atomic E-state index is -0.602. The molecule has 1 heterocycles. The number of oxime groups is 1. The number of nitrogens with zero attached hydrogens (tertiary/aromatic N) is 2. The van der Waals surface area contributed by atoms with Crippen molar-refractivity contribution in [3.63, 3.8) is 0 Å². The van der Waals surface area contributed by atoms with Gasteiger partial charge in [0.15, 0.2) is 0 Å². The standard InChI is InChI=1S/C23H29FN2O3/c1-17(2)28-16-19(27)14-26(13-18-8-4-3-5-9-18)15-20-12-23(25-29-20)21-10-6-7-11-22(21)24/h3-11,17,19-20,27H,12-16H2,1-2H3/t19-,20+/m1/s1. The van der Waals surface area contributed by atoms with Crippen LogP contribution in [0.4, 0.5) is 4.39 Å². The average Bonchev–Trinajstić information content (AvgIpc) is 3.15. The van der Waals surface area contributed by atoms with E-state index in [1.54, 1.807) is 18.2 Å². The van der Waals surface area contributed by atoms with Crippen LogP contribution < -0.4 is 0 Å². The molecule has 156 valence electrons. The number of rotatable bonds is 10. The topological polar surface area (TPSA) is 54.3 Å². The van der Waals surface area contributed by atoms with Crippen LogP contribution in [0.2, 0.25) is 0 Å². The first-order chi connectivity index (χ1) is 14.0. The number of hydrogen-bond donors (Lipinski definition) is 1. The first kappa shape index (κ1) is 21.4. The Kier molecular flexibility index (Phi) is 7.75. The van der Waals surface area contributed by atoms with Crippen LogP contribution >= 0.6 is 0 Å². The third-order valence-corrected chi connectivity index (χ3v) is 4.72. The van der Waals surface area contributed by atoms with Gasteiger partial charge in [0, 0.05) is 31.6 Å². The number of ether oxygens (including phenoxy) is 1. The number of halogens is 1. The smallest absolute Gasteiger partial charge is 0.145 e. The molecule has 2 aromatic rings. The maximum Gasteiger partial charge on any atom is 0.145 e. The summed E-state index contributed by atoms with van der Waals surface area (Å²) in [6, 6.07) is 16.7. The van der Waals surface area contributed by atoms with Gasteiger partial charge in [-0.25, -0.2) is 4.39 Å². The second-order valence-electron chi connectivity index (χ2n) is 7.66. The van der Waals surface area contributed by atoms with Crippen molar-refractivity contribution < 1.29 is 19.1 Å². The molecule has 0 spiro atoms. The molecule has 0 aromatic heterocycles. The van der Waals surface area contributed by atoms with Gasteiger partial charge in [0.1, 0.15) is 11.9 Å². The summed E-state index contributed by atoms with van der Waals surface area (Å²) in [6.07, 6.45) is -0.187. The summed E-state index contributed by atoms with van der Waals surface area (Å²) in [5.74, 6) is -0.294. The monoisotopic (exact) mass is 400 g/mol. The third kappa shape index (κ3) is 6.63. The van der Waals surface area contributed by atoms with Gasteiger partial charge in [-0.15, -0.1) is 0 Å². The van der Waals surface area contributed by atoms with E-state index < -0.39 is 6.10 Å². The third-order valence-electron chi connectivity index (χ3n) is 4.72. The predicted molar refractivity (Wildman–Crippen MR) is 111 cm³/mol. The molecule has 0 radical (unpaired) electrons. The molecule has 2 atom stereocenters. The molecule has 2 aromatic carbocycles. The molecule has 5 nitrogen and oxygen atoms in total. The van der Waals surface area contributed by atoms with Gasteiger partial charge < -0.3 is 14.7 Å². The van der Waals surface area contributed by atoms with Crippen LogP contribution in [0.3, 0.4) is 0 Å². The Hall–Kier alpha value is -2.28. The largest absolute Gasteiger partial charge is 0.390 e. The Morgan fingerprint density at radius 3 is 2.62 bits per heavy atom. The Morgan fingerprint density at radius 2 is 1.90 bits per heavy atom. The molecule has 0 aliphatic carbocycles. The quantitative estimate of drug-likeness (QED) is 0.662. The van der Waals surface area contributed by atoms with Crippen molar-refractivity contribution in [1.29, 1.82) is 0 Å². The Balaban J connectivity index is 1.61. The fourth-order valence-electron chi connectivity index (χ4n) is 3.37. The van der Waals surface area contributed by atoms with E-state index >= 15 is 0 Å². The van der Waals surface area contributed by atoms with Gasteiger partial charge in [-0.2, -0.15) is 0 Å². The highest BCUT2D eigenvalue weighted by Crippen LogP contribution is 2.20. The molecule has 1 aliphatic rings. The second kappa shape index (κ2) is 10.5. The van der Waals surface area contributed by atoms with E-state index in [0.717, 1.165) is 5.56 Å². The normalized spacial score (nSPS) is 17.4. The highest BCUT2D eigenvalue weighted by Gasteiger charge is 2.27. The van der Waals surface area contributed by atoms with Gasteiger partial charge in [-0.05, 0) is 25.5 Å². The van der Waals surface area contributed by atoms with E-state index in [4.69, 9.17) is 9.57 Å². The van der Waals surface area contributed by atoms with Crippen LogP contribution in [0.15, 0.2) is 59.8 Å². The molecule has 1 N–H and O–H groups in total. The van der Waals surface area contributed by atoms with Crippen LogP contribution in [0.5, 0.6) is 0 Å². The Labute approximate surface area is 171 Å². The van der Waals surface area contributed by atoms with E-state index in [2.05, 4.69) is 22.2 Å². The predicted octanol–water partition coefficient (Wildman–Crippen LogP) is 3.61. The van der Waals surface area contributed by atoms with E-state index in [-0.39, 0.29) is 24.6 Å².